The summed E-state index contributed by atoms with van der Waals surface area (Å²) in [5.41, 5.74) is 2.05. The highest BCUT2D eigenvalue weighted by molar-refractivity contribution is 6.32. The van der Waals surface area contributed by atoms with Crippen LogP contribution in [-0.4, -0.2) is 109 Å². The Balaban J connectivity index is 1.26. The maximum absolute atomic E-state index is 11.3. The van der Waals surface area contributed by atoms with E-state index in [0.717, 1.165) is 5.71 Å². The maximum Gasteiger partial charge on any atom is 0.407 e. The molecule has 0 saturated carbocycles. The number of piperidine rings is 1. The van der Waals surface area contributed by atoms with E-state index in [-0.39, 0.29) is 18.4 Å². The summed E-state index contributed by atoms with van der Waals surface area (Å²) >= 11 is 6.13. The van der Waals surface area contributed by atoms with Crippen LogP contribution in [0.1, 0.15) is 31.7 Å². The normalized spacial score (nSPS) is 29.7. The van der Waals surface area contributed by atoms with E-state index >= 15 is 0 Å². The van der Waals surface area contributed by atoms with Crippen molar-refractivity contribution in [2.45, 2.75) is 62.2 Å². The lowest BCUT2D eigenvalue weighted by atomic mass is 9.86. The average molecular weight is 566 g/mol. The summed E-state index contributed by atoms with van der Waals surface area (Å²) in [4.78, 5) is 18.2. The number of hydrogen-bond donors (Lipinski definition) is 4. The molecule has 2 aromatic rings. The first-order valence-electron chi connectivity index (χ1n) is 12.9. The summed E-state index contributed by atoms with van der Waals surface area (Å²) in [6.07, 6.45) is -1.64. The Morgan fingerprint density at radius 2 is 1.95 bits per heavy atom. The van der Waals surface area contributed by atoms with E-state index in [1.165, 1.54) is 16.7 Å². The standard InChI is InChI=1S/C25H32ClN5O8/c1-37-19-8-14(2-3-16(19)26)18-11-31(29-27-18)22-23(33)20(38-21(12-32)24(22)34)10-15-9-17(28-39-15)13-4-6-30(7-5-13)25(35)36/h2-3,8,11,13,15,20-24,32-34H,4-7,9-10,12H2,1H3,(H,35,36)/t15?,20-,21-,22-,23+,24+/m1/s1. The molecule has 2 fully saturated rings. The van der Waals surface area contributed by atoms with Crippen molar-refractivity contribution < 1.29 is 39.5 Å². The number of benzene rings is 1. The highest BCUT2D eigenvalue weighted by atomic mass is 35.5. The number of carboxylic acid groups (broad SMARTS) is 1. The summed E-state index contributed by atoms with van der Waals surface area (Å²) < 4.78 is 12.5. The van der Waals surface area contributed by atoms with Crippen molar-refractivity contribution >= 4 is 23.4 Å². The first-order chi connectivity index (χ1) is 18.8. The Morgan fingerprint density at radius 3 is 2.64 bits per heavy atom. The van der Waals surface area contributed by atoms with Gasteiger partial charge in [-0.3, -0.25) is 0 Å². The lowest BCUT2D eigenvalue weighted by Gasteiger charge is -2.42. The van der Waals surface area contributed by atoms with Crippen molar-refractivity contribution in [3.63, 3.8) is 0 Å². The van der Waals surface area contributed by atoms with Crippen molar-refractivity contribution in [3.8, 4) is 17.0 Å². The quantitative estimate of drug-likeness (QED) is 0.386. The van der Waals surface area contributed by atoms with Crippen molar-refractivity contribution in [3.05, 3.63) is 29.4 Å². The molecule has 13 nitrogen and oxygen atoms in total. The molecule has 5 rings (SSSR count). The van der Waals surface area contributed by atoms with E-state index < -0.39 is 43.2 Å². The number of aliphatic hydroxyl groups excluding tert-OH is 3. The van der Waals surface area contributed by atoms with Crippen LogP contribution in [0.5, 0.6) is 5.75 Å². The highest BCUT2D eigenvalue weighted by Gasteiger charge is 2.47. The average Bonchev–Trinajstić information content (AvgIpc) is 3.61. The number of hydrogen-bond acceptors (Lipinski definition) is 10. The smallest absolute Gasteiger partial charge is 0.407 e. The third kappa shape index (κ3) is 5.68. The number of carbonyl (C=O) groups is 1. The molecule has 39 heavy (non-hydrogen) atoms. The van der Waals surface area contributed by atoms with Gasteiger partial charge in [-0.15, -0.1) is 5.10 Å². The number of aromatic nitrogens is 3. The fourth-order valence-corrected chi connectivity index (χ4v) is 5.74. The number of likely N-dealkylation sites (tertiary alicyclic amines) is 1. The molecule has 4 heterocycles. The lowest BCUT2D eigenvalue weighted by molar-refractivity contribution is -0.212. The Hall–Kier alpha value is -2.97. The Morgan fingerprint density at radius 1 is 1.21 bits per heavy atom. The number of oxime groups is 1. The molecule has 2 saturated heterocycles. The van der Waals surface area contributed by atoms with Gasteiger partial charge in [0.15, 0.2) is 0 Å². The molecule has 1 aromatic heterocycles. The second kappa shape index (κ2) is 11.6. The summed E-state index contributed by atoms with van der Waals surface area (Å²) in [6.45, 7) is 0.454. The van der Waals surface area contributed by atoms with E-state index in [9.17, 15) is 25.2 Å². The predicted molar refractivity (Wildman–Crippen MR) is 138 cm³/mol. The number of halogens is 1. The van der Waals surface area contributed by atoms with Crippen LogP contribution in [0.25, 0.3) is 11.3 Å². The van der Waals surface area contributed by atoms with Crippen molar-refractivity contribution in [2.24, 2.45) is 11.1 Å². The molecule has 212 valence electrons. The van der Waals surface area contributed by atoms with Gasteiger partial charge in [0.25, 0.3) is 0 Å². The van der Waals surface area contributed by atoms with Gasteiger partial charge >= 0.3 is 6.09 Å². The van der Waals surface area contributed by atoms with Crippen LogP contribution in [0.3, 0.4) is 0 Å². The van der Waals surface area contributed by atoms with Crippen molar-refractivity contribution in [2.75, 3.05) is 26.8 Å². The number of rotatable bonds is 7. The minimum absolute atomic E-state index is 0.141. The number of nitrogens with zero attached hydrogens (tertiary/aromatic N) is 5. The number of methoxy groups -OCH3 is 1. The monoisotopic (exact) mass is 565 g/mol. The zero-order valence-corrected chi connectivity index (χ0v) is 22.1. The van der Waals surface area contributed by atoms with Crippen LogP contribution >= 0.6 is 11.6 Å². The van der Waals surface area contributed by atoms with Crippen molar-refractivity contribution in [1.82, 2.24) is 19.9 Å². The first kappa shape index (κ1) is 27.6. The van der Waals surface area contributed by atoms with Crippen molar-refractivity contribution in [1.29, 1.82) is 0 Å². The summed E-state index contributed by atoms with van der Waals surface area (Å²) in [5, 5.41) is 54.3. The Labute approximate surface area is 229 Å². The minimum atomic E-state index is -1.24. The first-order valence-corrected chi connectivity index (χ1v) is 13.3. The van der Waals surface area contributed by atoms with Crippen LogP contribution in [0.4, 0.5) is 4.79 Å². The van der Waals surface area contributed by atoms with Gasteiger partial charge < -0.3 is 39.6 Å². The van der Waals surface area contributed by atoms with E-state index in [1.807, 2.05) is 0 Å². The van der Waals surface area contributed by atoms with Crippen LogP contribution in [0, 0.1) is 5.92 Å². The summed E-state index contributed by atoms with van der Waals surface area (Å²) in [7, 11) is 1.51. The molecule has 0 radical (unpaired) electrons. The zero-order chi connectivity index (χ0) is 27.7. The van der Waals surface area contributed by atoms with Gasteiger partial charge in [0.05, 0.1) is 36.8 Å². The molecule has 14 heteroatoms. The van der Waals surface area contributed by atoms with Crippen LogP contribution in [0.2, 0.25) is 5.02 Å². The fourth-order valence-electron chi connectivity index (χ4n) is 5.54. The topological polar surface area (TPSA) is 172 Å². The molecule has 1 amide bonds. The highest BCUT2D eigenvalue weighted by Crippen LogP contribution is 2.36. The third-order valence-electron chi connectivity index (χ3n) is 7.74. The van der Waals surface area contributed by atoms with Gasteiger partial charge in [-0.2, -0.15) is 0 Å². The van der Waals surface area contributed by atoms with Gasteiger partial charge in [-0.25, -0.2) is 9.48 Å². The predicted octanol–water partition coefficient (Wildman–Crippen LogP) is 1.55. The summed E-state index contributed by atoms with van der Waals surface area (Å²) in [6, 6.07) is 4.22. The zero-order valence-electron chi connectivity index (χ0n) is 21.3. The molecule has 4 N–H and O–H groups in total. The molecule has 0 spiro atoms. The second-order valence-corrected chi connectivity index (χ2v) is 10.5. The molecule has 0 aliphatic carbocycles. The van der Waals surface area contributed by atoms with E-state index in [2.05, 4.69) is 15.5 Å². The van der Waals surface area contributed by atoms with Crippen LogP contribution in [0.15, 0.2) is 29.6 Å². The number of amides is 1. The minimum Gasteiger partial charge on any atom is -0.495 e. The summed E-state index contributed by atoms with van der Waals surface area (Å²) in [5.74, 6) is 0.614. The molecule has 3 aliphatic rings. The van der Waals surface area contributed by atoms with Gasteiger partial charge in [-0.1, -0.05) is 28.0 Å². The second-order valence-electron chi connectivity index (χ2n) is 10.1. The van der Waals surface area contributed by atoms with Crippen LogP contribution < -0.4 is 4.74 Å². The number of aliphatic hydroxyl groups is 3. The van der Waals surface area contributed by atoms with Gasteiger partial charge in [0, 0.05) is 37.4 Å². The molecular formula is C25H32ClN5O8. The Kier molecular flexibility index (Phi) is 8.24. The van der Waals surface area contributed by atoms with E-state index in [4.69, 9.17) is 25.9 Å². The largest absolute Gasteiger partial charge is 0.495 e. The molecule has 0 bridgehead atoms. The van der Waals surface area contributed by atoms with Gasteiger partial charge in [0.1, 0.15) is 41.9 Å². The molecule has 1 aromatic carbocycles. The SMILES string of the molecule is COc1cc(-c2cn([C@H]3[C@@H](O)[C@@H](CO)O[C@H](CC4CC(C5CCN(C(=O)O)CC5)=NO4)[C@@H]3O)nn2)ccc1Cl. The molecule has 3 aliphatic heterocycles. The van der Waals surface area contributed by atoms with E-state index in [1.54, 1.807) is 24.4 Å². The molecule has 6 atom stereocenters. The molecule has 1 unspecified atom stereocenters. The lowest BCUT2D eigenvalue weighted by Crippen LogP contribution is -2.56. The van der Waals surface area contributed by atoms with Crippen LogP contribution in [-0.2, 0) is 9.57 Å². The molecular weight excluding hydrogens is 534 g/mol. The fraction of sp³-hybridized carbons (Fsp3) is 0.600. The maximum atomic E-state index is 11.3. The van der Waals surface area contributed by atoms with Gasteiger partial charge in [-0.05, 0) is 25.0 Å². The number of ether oxygens (including phenoxy) is 2. The Bertz CT molecular complexity index is 1200. The van der Waals surface area contributed by atoms with E-state index in [0.29, 0.717) is 54.4 Å². The van der Waals surface area contributed by atoms with Gasteiger partial charge in [0.2, 0.25) is 0 Å². The third-order valence-corrected chi connectivity index (χ3v) is 8.05.